The van der Waals surface area contributed by atoms with Crippen LogP contribution in [0.3, 0.4) is 0 Å². The van der Waals surface area contributed by atoms with Crippen LogP contribution in [0, 0.1) is 6.92 Å². The molecule has 0 spiro atoms. The molecule has 0 aliphatic heterocycles. The second-order valence-corrected chi connectivity index (χ2v) is 2.94. The average molecular weight is 177 g/mol. The molecule has 0 radical (unpaired) electrons. The first-order valence-electron chi connectivity index (χ1n) is 4.01. The maximum Gasteiger partial charge on any atom is 0.153 e. The van der Waals surface area contributed by atoms with Crippen LogP contribution in [0.2, 0.25) is 0 Å². The molecule has 68 valence electrons. The number of benzene rings is 1. The minimum Gasteiger partial charge on any atom is -0.494 e. The molecule has 13 heavy (non-hydrogen) atoms. The van der Waals surface area contributed by atoms with Crippen LogP contribution >= 0.6 is 0 Å². The van der Waals surface area contributed by atoms with Crippen LogP contribution < -0.4 is 10.5 Å². The van der Waals surface area contributed by atoms with Crippen molar-refractivity contribution in [3.8, 4) is 5.75 Å². The van der Waals surface area contributed by atoms with Gasteiger partial charge in [0.1, 0.15) is 11.3 Å². The SMILES string of the molecule is COc1ccc(C)c2c(N)n[nH]c12. The Kier molecular flexibility index (Phi) is 1.62. The van der Waals surface area contributed by atoms with Gasteiger partial charge in [0.15, 0.2) is 5.82 Å². The van der Waals surface area contributed by atoms with Crippen molar-refractivity contribution in [2.75, 3.05) is 12.8 Å². The van der Waals surface area contributed by atoms with E-state index in [0.717, 1.165) is 22.2 Å². The van der Waals surface area contributed by atoms with Gasteiger partial charge in [-0.1, -0.05) is 6.07 Å². The van der Waals surface area contributed by atoms with Gasteiger partial charge in [-0.15, -0.1) is 0 Å². The largest absolute Gasteiger partial charge is 0.494 e. The van der Waals surface area contributed by atoms with E-state index in [4.69, 9.17) is 10.5 Å². The summed E-state index contributed by atoms with van der Waals surface area (Å²) in [6.45, 7) is 1.99. The first kappa shape index (κ1) is 7.91. The van der Waals surface area contributed by atoms with Crippen LogP contribution in [0.25, 0.3) is 10.9 Å². The third-order valence-corrected chi connectivity index (χ3v) is 2.14. The molecule has 0 bridgehead atoms. The number of ether oxygens (including phenoxy) is 1. The number of hydrogen-bond acceptors (Lipinski definition) is 3. The summed E-state index contributed by atoms with van der Waals surface area (Å²) in [7, 11) is 1.63. The predicted octanol–water partition coefficient (Wildman–Crippen LogP) is 1.46. The standard InChI is InChI=1S/C9H11N3O/c1-5-3-4-6(13-2)8-7(5)9(10)12-11-8/h3-4H,1-2H3,(H3,10,11,12). The number of methoxy groups -OCH3 is 1. The lowest BCUT2D eigenvalue weighted by Crippen LogP contribution is -1.87. The smallest absolute Gasteiger partial charge is 0.153 e. The number of hydrogen-bond donors (Lipinski definition) is 2. The van der Waals surface area contributed by atoms with Crippen molar-refractivity contribution in [3.63, 3.8) is 0 Å². The van der Waals surface area contributed by atoms with Gasteiger partial charge < -0.3 is 10.5 Å². The topological polar surface area (TPSA) is 63.9 Å². The van der Waals surface area contributed by atoms with Crippen molar-refractivity contribution in [2.45, 2.75) is 6.92 Å². The van der Waals surface area contributed by atoms with Gasteiger partial charge in [0.2, 0.25) is 0 Å². The molecule has 0 aliphatic carbocycles. The summed E-state index contributed by atoms with van der Waals surface area (Å²) in [5, 5.41) is 7.73. The average Bonchev–Trinajstić information content (AvgIpc) is 2.50. The minimum absolute atomic E-state index is 0.520. The summed E-state index contributed by atoms with van der Waals surface area (Å²) >= 11 is 0. The molecule has 1 aromatic carbocycles. The molecule has 0 aliphatic rings. The summed E-state index contributed by atoms with van der Waals surface area (Å²) in [6, 6.07) is 3.86. The van der Waals surface area contributed by atoms with E-state index in [1.54, 1.807) is 7.11 Å². The summed E-state index contributed by atoms with van der Waals surface area (Å²) in [6.07, 6.45) is 0. The fourth-order valence-corrected chi connectivity index (χ4v) is 1.47. The molecule has 4 nitrogen and oxygen atoms in total. The second-order valence-electron chi connectivity index (χ2n) is 2.94. The van der Waals surface area contributed by atoms with Crippen molar-refractivity contribution in [1.82, 2.24) is 10.2 Å². The molecule has 0 saturated heterocycles. The van der Waals surface area contributed by atoms with E-state index in [9.17, 15) is 0 Å². The van der Waals surface area contributed by atoms with E-state index >= 15 is 0 Å². The van der Waals surface area contributed by atoms with Gasteiger partial charge in [0, 0.05) is 0 Å². The Morgan fingerprint density at radius 2 is 2.23 bits per heavy atom. The van der Waals surface area contributed by atoms with E-state index in [1.165, 1.54) is 0 Å². The number of rotatable bonds is 1. The van der Waals surface area contributed by atoms with Crippen molar-refractivity contribution in [2.24, 2.45) is 0 Å². The summed E-state index contributed by atoms with van der Waals surface area (Å²) in [5.74, 6) is 1.29. The van der Waals surface area contributed by atoms with Crippen molar-refractivity contribution in [1.29, 1.82) is 0 Å². The molecule has 0 saturated carbocycles. The van der Waals surface area contributed by atoms with Gasteiger partial charge in [-0.2, -0.15) is 5.10 Å². The summed E-state index contributed by atoms with van der Waals surface area (Å²) in [4.78, 5) is 0. The zero-order valence-electron chi connectivity index (χ0n) is 7.59. The number of aromatic nitrogens is 2. The van der Waals surface area contributed by atoms with Crippen LogP contribution in [0.15, 0.2) is 12.1 Å². The highest BCUT2D eigenvalue weighted by molar-refractivity contribution is 5.95. The lowest BCUT2D eigenvalue weighted by Gasteiger charge is -2.02. The number of H-pyrrole nitrogens is 1. The molecule has 4 heteroatoms. The van der Waals surface area contributed by atoms with E-state index in [2.05, 4.69) is 10.2 Å². The van der Waals surface area contributed by atoms with Gasteiger partial charge in [-0.3, -0.25) is 5.10 Å². The third kappa shape index (κ3) is 1.02. The van der Waals surface area contributed by atoms with Gasteiger partial charge in [-0.05, 0) is 18.6 Å². The Morgan fingerprint density at radius 3 is 2.92 bits per heavy atom. The van der Waals surface area contributed by atoms with Crippen LogP contribution in [0.5, 0.6) is 5.75 Å². The van der Waals surface area contributed by atoms with Crippen LogP contribution in [-0.2, 0) is 0 Å². The maximum atomic E-state index is 5.70. The van der Waals surface area contributed by atoms with Crippen LogP contribution in [0.4, 0.5) is 5.82 Å². The van der Waals surface area contributed by atoms with Crippen molar-refractivity contribution < 1.29 is 4.74 Å². The lowest BCUT2D eigenvalue weighted by atomic mass is 10.1. The molecule has 0 fully saturated rings. The van der Waals surface area contributed by atoms with Crippen LogP contribution in [0.1, 0.15) is 5.56 Å². The molecular formula is C9H11N3O. The molecule has 0 amide bonds. The monoisotopic (exact) mass is 177 g/mol. The Labute approximate surface area is 75.7 Å². The Morgan fingerprint density at radius 1 is 1.46 bits per heavy atom. The molecule has 0 atom stereocenters. The zero-order valence-corrected chi connectivity index (χ0v) is 7.59. The first-order chi connectivity index (χ1) is 6.24. The molecule has 1 aromatic heterocycles. The zero-order chi connectivity index (χ0) is 9.42. The third-order valence-electron chi connectivity index (χ3n) is 2.14. The fourth-order valence-electron chi connectivity index (χ4n) is 1.47. The molecule has 0 unspecified atom stereocenters. The number of aryl methyl sites for hydroxylation is 1. The van der Waals surface area contributed by atoms with Gasteiger partial charge >= 0.3 is 0 Å². The van der Waals surface area contributed by atoms with Crippen LogP contribution in [-0.4, -0.2) is 17.3 Å². The molecule has 3 N–H and O–H groups in total. The minimum atomic E-state index is 0.520. The van der Waals surface area contributed by atoms with E-state index in [1.807, 2.05) is 19.1 Å². The number of nitrogens with one attached hydrogen (secondary N) is 1. The number of aromatic amines is 1. The Hall–Kier alpha value is -1.71. The highest BCUT2D eigenvalue weighted by atomic mass is 16.5. The molecule has 2 aromatic rings. The van der Waals surface area contributed by atoms with Crippen molar-refractivity contribution >= 4 is 16.7 Å². The summed E-state index contributed by atoms with van der Waals surface area (Å²) < 4.78 is 5.17. The van der Waals surface area contributed by atoms with Gasteiger partial charge in [0.25, 0.3) is 0 Å². The lowest BCUT2D eigenvalue weighted by molar-refractivity contribution is 0.418. The number of nitrogen functional groups attached to an aromatic ring is 1. The second kappa shape index (κ2) is 2.65. The fraction of sp³-hybridized carbons (Fsp3) is 0.222. The Balaban J connectivity index is 2.87. The highest BCUT2D eigenvalue weighted by Crippen LogP contribution is 2.29. The Bertz CT molecular complexity index is 447. The molecular weight excluding hydrogens is 166 g/mol. The number of nitrogens with two attached hydrogens (primary N) is 1. The van der Waals surface area contributed by atoms with Gasteiger partial charge in [-0.25, -0.2) is 0 Å². The van der Waals surface area contributed by atoms with E-state index in [-0.39, 0.29) is 0 Å². The van der Waals surface area contributed by atoms with Gasteiger partial charge in [0.05, 0.1) is 12.5 Å². The number of nitrogens with zero attached hydrogens (tertiary/aromatic N) is 1. The molecule has 1 heterocycles. The van der Waals surface area contributed by atoms with Crippen molar-refractivity contribution in [3.05, 3.63) is 17.7 Å². The molecule has 2 rings (SSSR count). The first-order valence-corrected chi connectivity index (χ1v) is 4.01. The number of anilines is 1. The van der Waals surface area contributed by atoms with E-state index < -0.39 is 0 Å². The maximum absolute atomic E-state index is 5.70. The summed E-state index contributed by atoms with van der Waals surface area (Å²) in [5.41, 5.74) is 7.66. The number of fused-ring (bicyclic) bond motifs is 1. The quantitative estimate of drug-likeness (QED) is 0.693. The predicted molar refractivity (Wildman–Crippen MR) is 51.8 cm³/mol. The normalized spacial score (nSPS) is 10.6. The van der Waals surface area contributed by atoms with E-state index in [0.29, 0.717) is 5.82 Å². The highest BCUT2D eigenvalue weighted by Gasteiger charge is 2.09.